The van der Waals surface area contributed by atoms with Crippen LogP contribution in [0.3, 0.4) is 0 Å². The van der Waals surface area contributed by atoms with Crippen molar-refractivity contribution >= 4 is 11.6 Å². The first-order valence-corrected chi connectivity index (χ1v) is 11.4. The molecule has 1 saturated heterocycles. The lowest BCUT2D eigenvalue weighted by molar-refractivity contribution is 0.0942. The highest BCUT2D eigenvalue weighted by Crippen LogP contribution is 2.29. The number of nitrogens with one attached hydrogen (secondary N) is 1. The summed E-state index contributed by atoms with van der Waals surface area (Å²) < 4.78 is 17.0. The third-order valence-corrected chi connectivity index (χ3v) is 6.09. The van der Waals surface area contributed by atoms with Crippen LogP contribution in [0, 0.1) is 0 Å². The molecule has 172 valence electrons. The van der Waals surface area contributed by atoms with Crippen molar-refractivity contribution in [1.82, 2.24) is 10.2 Å². The number of rotatable bonds is 7. The molecule has 2 aromatic carbocycles. The molecule has 1 atom stereocenters. The summed E-state index contributed by atoms with van der Waals surface area (Å²) in [7, 11) is 1.68. The highest BCUT2D eigenvalue weighted by molar-refractivity contribution is 5.94. The van der Waals surface area contributed by atoms with Crippen LogP contribution in [-0.4, -0.2) is 70.0 Å². The summed E-state index contributed by atoms with van der Waals surface area (Å²) in [5.74, 6) is 1.71. The molecule has 32 heavy (non-hydrogen) atoms. The van der Waals surface area contributed by atoms with Gasteiger partial charge in [-0.15, -0.1) is 0 Å². The Morgan fingerprint density at radius 2 is 1.94 bits per heavy atom. The Balaban J connectivity index is 1.32. The Morgan fingerprint density at radius 1 is 1.16 bits per heavy atom. The molecule has 0 spiro atoms. The molecule has 0 bridgehead atoms. The number of hydrogen-bond donors (Lipinski definition) is 1. The minimum Gasteiger partial charge on any atom is -0.497 e. The van der Waals surface area contributed by atoms with Crippen molar-refractivity contribution in [2.45, 2.75) is 26.0 Å². The summed E-state index contributed by atoms with van der Waals surface area (Å²) >= 11 is 0. The van der Waals surface area contributed by atoms with Crippen LogP contribution in [0.4, 0.5) is 5.69 Å². The lowest BCUT2D eigenvalue weighted by atomic mass is 10.1. The Morgan fingerprint density at radius 3 is 2.66 bits per heavy atom. The van der Waals surface area contributed by atoms with Crippen molar-refractivity contribution in [1.29, 1.82) is 0 Å². The summed E-state index contributed by atoms with van der Waals surface area (Å²) in [6.07, 6.45) is 1.07. The number of methoxy groups -OCH3 is 1. The molecule has 7 nitrogen and oxygen atoms in total. The van der Waals surface area contributed by atoms with Gasteiger partial charge in [-0.3, -0.25) is 9.69 Å². The predicted octanol–water partition coefficient (Wildman–Crippen LogP) is 2.93. The maximum absolute atomic E-state index is 12.6. The lowest BCUT2D eigenvalue weighted by Gasteiger charge is -2.28. The van der Waals surface area contributed by atoms with E-state index in [1.807, 2.05) is 42.5 Å². The first-order chi connectivity index (χ1) is 15.7. The van der Waals surface area contributed by atoms with E-state index in [2.05, 4.69) is 22.0 Å². The number of anilines is 1. The molecule has 4 rings (SSSR count). The van der Waals surface area contributed by atoms with Gasteiger partial charge in [-0.25, -0.2) is 0 Å². The fourth-order valence-electron chi connectivity index (χ4n) is 4.19. The van der Waals surface area contributed by atoms with Crippen molar-refractivity contribution in [3.05, 3.63) is 53.6 Å². The van der Waals surface area contributed by atoms with Crippen LogP contribution in [0.5, 0.6) is 11.5 Å². The van der Waals surface area contributed by atoms with E-state index < -0.39 is 0 Å². The molecule has 1 N–H and O–H groups in total. The zero-order valence-electron chi connectivity index (χ0n) is 19.0. The van der Waals surface area contributed by atoms with Gasteiger partial charge in [0, 0.05) is 56.1 Å². The summed E-state index contributed by atoms with van der Waals surface area (Å²) in [6.45, 7) is 8.36. The first kappa shape index (κ1) is 22.4. The first-order valence-electron chi connectivity index (χ1n) is 11.4. The number of nitrogens with zero attached hydrogens (tertiary/aromatic N) is 2. The minimum absolute atomic E-state index is 0.0429. The smallest absolute Gasteiger partial charge is 0.251 e. The van der Waals surface area contributed by atoms with Gasteiger partial charge in [-0.2, -0.15) is 0 Å². The zero-order chi connectivity index (χ0) is 22.3. The Bertz CT molecular complexity index is 897. The van der Waals surface area contributed by atoms with Gasteiger partial charge in [0.2, 0.25) is 0 Å². The summed E-state index contributed by atoms with van der Waals surface area (Å²) in [4.78, 5) is 17.3. The Hall–Kier alpha value is -2.77. The SMILES string of the molecule is CCC1CN(CCNC(=O)c2ccc(N3CCOCC3)cc2)Cc2cc(OC)ccc2O1. The number of ether oxygens (including phenoxy) is 3. The number of amides is 1. The van der Waals surface area contributed by atoms with Gasteiger partial charge in [0.1, 0.15) is 17.6 Å². The van der Waals surface area contributed by atoms with E-state index in [4.69, 9.17) is 14.2 Å². The Kier molecular flexibility index (Phi) is 7.50. The van der Waals surface area contributed by atoms with Crippen LogP contribution in [0.1, 0.15) is 29.3 Å². The minimum atomic E-state index is -0.0429. The van der Waals surface area contributed by atoms with Crippen molar-refractivity contribution in [2.24, 2.45) is 0 Å². The molecule has 2 aliphatic rings. The standard InChI is InChI=1S/C25H33N3O4/c1-3-22-18-27(17-20-16-23(30-2)8-9-24(20)32-22)11-10-26-25(29)19-4-6-21(7-5-19)28-12-14-31-15-13-28/h4-9,16,22H,3,10-15,17-18H2,1-2H3,(H,26,29). The van der Waals surface area contributed by atoms with Crippen LogP contribution in [0.2, 0.25) is 0 Å². The largest absolute Gasteiger partial charge is 0.497 e. The molecule has 7 heteroatoms. The van der Waals surface area contributed by atoms with Crippen LogP contribution < -0.4 is 19.7 Å². The number of fused-ring (bicyclic) bond motifs is 1. The fraction of sp³-hybridized carbons (Fsp3) is 0.480. The van der Waals surface area contributed by atoms with Gasteiger partial charge in [-0.05, 0) is 48.9 Å². The van der Waals surface area contributed by atoms with Crippen LogP contribution in [0.15, 0.2) is 42.5 Å². The highest BCUT2D eigenvalue weighted by atomic mass is 16.5. The fourth-order valence-corrected chi connectivity index (χ4v) is 4.19. The van der Waals surface area contributed by atoms with Crippen LogP contribution in [0.25, 0.3) is 0 Å². The maximum atomic E-state index is 12.6. The summed E-state index contributed by atoms with van der Waals surface area (Å²) in [5, 5.41) is 3.07. The zero-order valence-corrected chi connectivity index (χ0v) is 19.0. The van der Waals surface area contributed by atoms with Crippen LogP contribution >= 0.6 is 0 Å². The highest BCUT2D eigenvalue weighted by Gasteiger charge is 2.22. The number of carbonyl (C=O) groups is 1. The van der Waals surface area contributed by atoms with Gasteiger partial charge >= 0.3 is 0 Å². The molecule has 2 aromatic rings. The van der Waals surface area contributed by atoms with Crippen LogP contribution in [-0.2, 0) is 11.3 Å². The van der Waals surface area contributed by atoms with E-state index >= 15 is 0 Å². The Labute approximate surface area is 190 Å². The normalized spacial score (nSPS) is 18.9. The van der Waals surface area contributed by atoms with E-state index in [-0.39, 0.29) is 12.0 Å². The van der Waals surface area contributed by atoms with Gasteiger partial charge in [0.05, 0.1) is 20.3 Å². The number of carbonyl (C=O) groups excluding carboxylic acids is 1. The van der Waals surface area contributed by atoms with E-state index in [0.717, 1.165) is 75.1 Å². The van der Waals surface area contributed by atoms with E-state index in [0.29, 0.717) is 12.1 Å². The van der Waals surface area contributed by atoms with Crippen molar-refractivity contribution in [3.8, 4) is 11.5 Å². The average molecular weight is 440 g/mol. The molecule has 1 amide bonds. The molecule has 1 unspecified atom stereocenters. The van der Waals surface area contributed by atoms with E-state index in [1.54, 1.807) is 7.11 Å². The maximum Gasteiger partial charge on any atom is 0.251 e. The molecule has 0 aliphatic carbocycles. The number of benzene rings is 2. The average Bonchev–Trinajstić information content (AvgIpc) is 3.02. The second-order valence-corrected chi connectivity index (χ2v) is 8.26. The second-order valence-electron chi connectivity index (χ2n) is 8.26. The second kappa shape index (κ2) is 10.7. The van der Waals surface area contributed by atoms with E-state index in [1.165, 1.54) is 0 Å². The molecule has 2 aliphatic heterocycles. The third kappa shape index (κ3) is 5.53. The van der Waals surface area contributed by atoms with Gasteiger partial charge in [0.15, 0.2) is 0 Å². The number of hydrogen-bond acceptors (Lipinski definition) is 6. The van der Waals surface area contributed by atoms with Crippen molar-refractivity contribution in [2.75, 3.05) is 57.9 Å². The monoisotopic (exact) mass is 439 g/mol. The molecule has 2 heterocycles. The molecule has 0 radical (unpaired) electrons. The summed E-state index contributed by atoms with van der Waals surface area (Å²) in [5.41, 5.74) is 2.93. The molecule has 0 saturated carbocycles. The quantitative estimate of drug-likeness (QED) is 0.716. The molecular weight excluding hydrogens is 406 g/mol. The predicted molar refractivity (Wildman–Crippen MR) is 125 cm³/mol. The molecule has 1 fully saturated rings. The van der Waals surface area contributed by atoms with Crippen molar-refractivity contribution < 1.29 is 19.0 Å². The lowest BCUT2D eigenvalue weighted by Crippen LogP contribution is -2.38. The van der Waals surface area contributed by atoms with E-state index in [9.17, 15) is 4.79 Å². The van der Waals surface area contributed by atoms with Crippen molar-refractivity contribution in [3.63, 3.8) is 0 Å². The molecule has 0 aromatic heterocycles. The van der Waals surface area contributed by atoms with Gasteiger partial charge in [0.25, 0.3) is 5.91 Å². The number of morpholine rings is 1. The van der Waals surface area contributed by atoms with Gasteiger partial charge in [-0.1, -0.05) is 6.92 Å². The topological polar surface area (TPSA) is 63.3 Å². The third-order valence-electron chi connectivity index (χ3n) is 6.09. The molecular formula is C25H33N3O4. The van der Waals surface area contributed by atoms with Gasteiger partial charge < -0.3 is 24.4 Å². The summed E-state index contributed by atoms with van der Waals surface area (Å²) in [6, 6.07) is 13.8.